The van der Waals surface area contributed by atoms with Crippen LogP contribution in [0.2, 0.25) is 0 Å². The first-order valence-corrected chi connectivity index (χ1v) is 8.72. The van der Waals surface area contributed by atoms with Gasteiger partial charge in [-0.1, -0.05) is 0 Å². The van der Waals surface area contributed by atoms with Gasteiger partial charge in [0.15, 0.2) is 0 Å². The first-order valence-electron chi connectivity index (χ1n) is 7.23. The maximum Gasteiger partial charge on any atom is 0.241 e. The molecule has 1 aromatic rings. The molecule has 1 aliphatic heterocycles. The fourth-order valence-electron chi connectivity index (χ4n) is 2.42. The van der Waals surface area contributed by atoms with Crippen LogP contribution in [0.15, 0.2) is 23.1 Å². The number of rotatable bonds is 5. The van der Waals surface area contributed by atoms with Crippen molar-refractivity contribution in [3.05, 3.63) is 29.6 Å². The molecule has 2 rings (SSSR count). The van der Waals surface area contributed by atoms with E-state index in [-0.39, 0.29) is 10.5 Å². The van der Waals surface area contributed by atoms with E-state index in [1.54, 1.807) is 0 Å². The molecule has 1 saturated heterocycles. The third kappa shape index (κ3) is 4.71. The topological polar surface area (TPSA) is 108 Å². The van der Waals surface area contributed by atoms with Crippen LogP contribution in [-0.2, 0) is 14.8 Å². The molecule has 0 aliphatic carbocycles. The molecule has 1 amide bonds. The number of halogens is 1. The van der Waals surface area contributed by atoms with E-state index >= 15 is 0 Å². The van der Waals surface area contributed by atoms with Gasteiger partial charge < -0.3 is 15.7 Å². The average Bonchev–Trinajstić information content (AvgIpc) is 2.47. The molecular weight excluding hydrogens is 325 g/mol. The first kappa shape index (κ1) is 17.8. The van der Waals surface area contributed by atoms with Gasteiger partial charge in [-0.2, -0.15) is 0 Å². The van der Waals surface area contributed by atoms with Crippen molar-refractivity contribution in [2.45, 2.75) is 30.4 Å². The lowest BCUT2D eigenvalue weighted by molar-refractivity contribution is -0.121. The second-order valence-corrected chi connectivity index (χ2v) is 7.20. The molecule has 0 bridgehead atoms. The van der Waals surface area contributed by atoms with E-state index < -0.39 is 40.4 Å². The highest BCUT2D eigenvalue weighted by atomic mass is 32.2. The Hall–Kier alpha value is -1.55. The molecule has 1 heterocycles. The van der Waals surface area contributed by atoms with Gasteiger partial charge in [-0.05, 0) is 43.7 Å². The number of amides is 1. The summed E-state index contributed by atoms with van der Waals surface area (Å²) in [6, 6.07) is 2.91. The fourth-order valence-corrected chi connectivity index (χ4v) is 3.63. The highest BCUT2D eigenvalue weighted by Gasteiger charge is 2.25. The number of aliphatic hydroxyl groups is 1. The minimum absolute atomic E-state index is 0.0754. The number of piperidine rings is 1. The lowest BCUT2D eigenvalue weighted by atomic mass is 10.0. The highest BCUT2D eigenvalue weighted by molar-refractivity contribution is 7.89. The number of benzene rings is 1. The molecular formula is C14H20FN3O4S. The van der Waals surface area contributed by atoms with Gasteiger partial charge in [0.05, 0.1) is 23.6 Å². The quantitative estimate of drug-likeness (QED) is 0.562. The molecule has 1 aromatic carbocycles. The van der Waals surface area contributed by atoms with Crippen LogP contribution < -0.4 is 15.4 Å². The molecule has 9 heteroatoms. The number of nitrogens with one attached hydrogen (secondary N) is 3. The second kappa shape index (κ2) is 7.35. The van der Waals surface area contributed by atoms with E-state index in [0.717, 1.165) is 18.2 Å². The van der Waals surface area contributed by atoms with Crippen LogP contribution in [0.1, 0.15) is 12.0 Å². The maximum atomic E-state index is 13.0. The molecule has 0 spiro atoms. The number of carbonyl (C=O) groups excluding carboxylic acids is 1. The minimum atomic E-state index is -3.91. The van der Waals surface area contributed by atoms with E-state index in [2.05, 4.69) is 15.4 Å². The zero-order valence-corrected chi connectivity index (χ0v) is 13.5. The van der Waals surface area contributed by atoms with Gasteiger partial charge in [0.1, 0.15) is 5.82 Å². The lowest BCUT2D eigenvalue weighted by Gasteiger charge is -2.29. The Morgan fingerprint density at radius 2 is 2.22 bits per heavy atom. The molecule has 128 valence electrons. The summed E-state index contributed by atoms with van der Waals surface area (Å²) in [5.74, 6) is -1.06. The highest BCUT2D eigenvalue weighted by Crippen LogP contribution is 2.15. The van der Waals surface area contributed by atoms with Gasteiger partial charge in [-0.3, -0.25) is 4.79 Å². The number of β-amino-alcohol motifs (C(OH)–C–C–N with tert-alkyl or cyclic N) is 1. The third-order valence-electron chi connectivity index (χ3n) is 3.65. The van der Waals surface area contributed by atoms with Gasteiger partial charge in [0, 0.05) is 6.54 Å². The third-order valence-corrected chi connectivity index (χ3v) is 5.21. The summed E-state index contributed by atoms with van der Waals surface area (Å²) in [6.07, 6.45) is -0.139. The normalized spacial score (nSPS) is 21.9. The Labute approximate surface area is 134 Å². The predicted octanol–water partition coefficient (Wildman–Crippen LogP) is -0.749. The van der Waals surface area contributed by atoms with Crippen molar-refractivity contribution < 1.29 is 22.7 Å². The van der Waals surface area contributed by atoms with Crippen LogP contribution in [0.3, 0.4) is 0 Å². The Kier molecular flexibility index (Phi) is 5.69. The van der Waals surface area contributed by atoms with Crippen LogP contribution >= 0.6 is 0 Å². The summed E-state index contributed by atoms with van der Waals surface area (Å²) in [5, 5.41) is 15.3. The summed E-state index contributed by atoms with van der Waals surface area (Å²) in [6.45, 7) is 2.08. The lowest BCUT2D eigenvalue weighted by Crippen LogP contribution is -2.54. The Morgan fingerprint density at radius 1 is 1.48 bits per heavy atom. The van der Waals surface area contributed by atoms with Gasteiger partial charge >= 0.3 is 0 Å². The predicted molar refractivity (Wildman–Crippen MR) is 81.7 cm³/mol. The summed E-state index contributed by atoms with van der Waals surface area (Å²) in [5.41, 5.74) is 0.256. The number of carbonyl (C=O) groups is 1. The number of hydrogen-bond acceptors (Lipinski definition) is 5. The largest absolute Gasteiger partial charge is 0.390 e. The summed E-state index contributed by atoms with van der Waals surface area (Å²) >= 11 is 0. The average molecular weight is 345 g/mol. The van der Waals surface area contributed by atoms with Crippen molar-refractivity contribution in [2.75, 3.05) is 19.6 Å². The molecule has 0 radical (unpaired) electrons. The van der Waals surface area contributed by atoms with E-state index in [1.165, 1.54) is 6.92 Å². The van der Waals surface area contributed by atoms with Gasteiger partial charge in [0.2, 0.25) is 15.9 Å². The van der Waals surface area contributed by atoms with Crippen LogP contribution in [0.5, 0.6) is 0 Å². The SMILES string of the molecule is Cc1cc(F)ccc1S(=O)(=O)NCC(=O)N[C@@H]1CCNC[C@H]1O. The van der Waals surface area contributed by atoms with E-state index in [4.69, 9.17) is 0 Å². The van der Waals surface area contributed by atoms with Crippen LogP contribution in [0.4, 0.5) is 4.39 Å². The van der Waals surface area contributed by atoms with Crippen LogP contribution in [-0.4, -0.2) is 51.2 Å². The molecule has 4 N–H and O–H groups in total. The number of aliphatic hydroxyl groups excluding tert-OH is 1. The van der Waals surface area contributed by atoms with Crippen LogP contribution in [0.25, 0.3) is 0 Å². The van der Waals surface area contributed by atoms with E-state index in [1.807, 2.05) is 0 Å². The molecule has 0 aromatic heterocycles. The smallest absolute Gasteiger partial charge is 0.241 e. The van der Waals surface area contributed by atoms with Crippen LogP contribution in [0, 0.1) is 12.7 Å². The van der Waals surface area contributed by atoms with Gasteiger partial charge in [-0.25, -0.2) is 17.5 Å². The first-order chi connectivity index (χ1) is 10.8. The van der Waals surface area contributed by atoms with E-state index in [9.17, 15) is 22.7 Å². The number of aryl methyl sites for hydroxylation is 1. The van der Waals surface area contributed by atoms with Crippen molar-refractivity contribution >= 4 is 15.9 Å². The number of hydrogen-bond donors (Lipinski definition) is 4. The van der Waals surface area contributed by atoms with Crippen molar-refractivity contribution in [3.8, 4) is 0 Å². The maximum absolute atomic E-state index is 13.0. The Balaban J connectivity index is 1.94. The molecule has 1 fully saturated rings. The minimum Gasteiger partial charge on any atom is -0.390 e. The molecule has 0 saturated carbocycles. The van der Waals surface area contributed by atoms with Crippen molar-refractivity contribution in [3.63, 3.8) is 0 Å². The van der Waals surface area contributed by atoms with Gasteiger partial charge in [0.25, 0.3) is 0 Å². The summed E-state index contributed by atoms with van der Waals surface area (Å²) < 4.78 is 39.5. The molecule has 0 unspecified atom stereocenters. The van der Waals surface area contributed by atoms with Crippen molar-refractivity contribution in [1.82, 2.24) is 15.4 Å². The monoisotopic (exact) mass is 345 g/mol. The summed E-state index contributed by atoms with van der Waals surface area (Å²) in [4.78, 5) is 11.8. The Morgan fingerprint density at radius 3 is 2.87 bits per heavy atom. The zero-order valence-electron chi connectivity index (χ0n) is 12.7. The second-order valence-electron chi connectivity index (χ2n) is 5.47. The van der Waals surface area contributed by atoms with Crippen molar-refractivity contribution in [2.24, 2.45) is 0 Å². The van der Waals surface area contributed by atoms with Gasteiger partial charge in [-0.15, -0.1) is 0 Å². The molecule has 1 aliphatic rings. The van der Waals surface area contributed by atoms with E-state index in [0.29, 0.717) is 19.5 Å². The molecule has 7 nitrogen and oxygen atoms in total. The van der Waals surface area contributed by atoms with Crippen molar-refractivity contribution in [1.29, 1.82) is 0 Å². The fraction of sp³-hybridized carbons (Fsp3) is 0.500. The molecule has 2 atom stereocenters. The molecule has 23 heavy (non-hydrogen) atoms. The summed E-state index contributed by atoms with van der Waals surface area (Å²) in [7, 11) is -3.91. The Bertz CT molecular complexity index is 681. The number of sulfonamides is 1. The standard InChI is InChI=1S/C14H20FN3O4S/c1-9-6-10(15)2-3-13(9)23(21,22)17-8-14(20)18-11-4-5-16-7-12(11)19/h2-3,6,11-12,16-17,19H,4-5,7-8H2,1H3,(H,18,20)/t11-,12-/m1/s1. The zero-order chi connectivity index (χ0) is 17.0.